The van der Waals surface area contributed by atoms with E-state index in [2.05, 4.69) is 5.32 Å². The van der Waals surface area contributed by atoms with E-state index in [4.69, 9.17) is 25.8 Å². The van der Waals surface area contributed by atoms with Crippen LogP contribution in [0.1, 0.15) is 11.1 Å². The fourth-order valence-electron chi connectivity index (χ4n) is 2.23. The fourth-order valence-corrected chi connectivity index (χ4v) is 2.41. The van der Waals surface area contributed by atoms with E-state index < -0.39 is 18.5 Å². The molecule has 0 radical (unpaired) electrons. The van der Waals surface area contributed by atoms with Crippen LogP contribution in [0, 0.1) is 6.92 Å². The summed E-state index contributed by atoms with van der Waals surface area (Å²) in [6.07, 6.45) is 2.79. The van der Waals surface area contributed by atoms with E-state index in [0.29, 0.717) is 22.2 Å². The molecule has 27 heavy (non-hydrogen) atoms. The van der Waals surface area contributed by atoms with Gasteiger partial charge in [0.15, 0.2) is 18.1 Å². The first kappa shape index (κ1) is 20.3. The van der Waals surface area contributed by atoms with E-state index >= 15 is 0 Å². The Bertz CT molecular complexity index is 863. The van der Waals surface area contributed by atoms with Crippen molar-refractivity contribution >= 4 is 35.2 Å². The smallest absolute Gasteiger partial charge is 0.331 e. The lowest BCUT2D eigenvalue weighted by Crippen LogP contribution is -2.20. The topological polar surface area (TPSA) is 73.9 Å². The summed E-state index contributed by atoms with van der Waals surface area (Å²) in [6.45, 7) is 1.39. The van der Waals surface area contributed by atoms with Gasteiger partial charge in [-0.3, -0.25) is 4.79 Å². The molecule has 6 nitrogen and oxygen atoms in total. The summed E-state index contributed by atoms with van der Waals surface area (Å²) in [5, 5.41) is 3.20. The zero-order chi connectivity index (χ0) is 19.8. The number of halogens is 1. The quantitative estimate of drug-likeness (QED) is 0.575. The van der Waals surface area contributed by atoms with Crippen molar-refractivity contribution < 1.29 is 23.8 Å². The Morgan fingerprint density at radius 2 is 1.85 bits per heavy atom. The van der Waals surface area contributed by atoms with Gasteiger partial charge in [-0.2, -0.15) is 0 Å². The molecule has 0 aliphatic carbocycles. The number of methoxy groups -OCH3 is 2. The number of amides is 1. The van der Waals surface area contributed by atoms with Gasteiger partial charge < -0.3 is 19.5 Å². The number of hydrogen-bond acceptors (Lipinski definition) is 5. The van der Waals surface area contributed by atoms with Gasteiger partial charge in [-0.1, -0.05) is 23.7 Å². The Morgan fingerprint density at radius 1 is 1.11 bits per heavy atom. The molecule has 7 heteroatoms. The Morgan fingerprint density at radius 3 is 2.56 bits per heavy atom. The van der Waals surface area contributed by atoms with Crippen LogP contribution in [0.5, 0.6) is 11.5 Å². The van der Waals surface area contributed by atoms with Gasteiger partial charge in [-0.25, -0.2) is 4.79 Å². The predicted molar refractivity (Wildman–Crippen MR) is 104 cm³/mol. The highest BCUT2D eigenvalue weighted by molar-refractivity contribution is 6.31. The normalized spacial score (nSPS) is 10.5. The number of nitrogens with one attached hydrogen (secondary N) is 1. The lowest BCUT2D eigenvalue weighted by atomic mass is 10.2. The van der Waals surface area contributed by atoms with E-state index in [0.717, 1.165) is 11.1 Å². The summed E-state index contributed by atoms with van der Waals surface area (Å²) in [5.41, 5.74) is 2.04. The molecule has 0 atom stereocenters. The van der Waals surface area contributed by atoms with E-state index in [1.807, 2.05) is 0 Å². The highest BCUT2D eigenvalue weighted by atomic mass is 35.5. The van der Waals surface area contributed by atoms with Crippen molar-refractivity contribution in [3.63, 3.8) is 0 Å². The molecule has 1 amide bonds. The highest BCUT2D eigenvalue weighted by Crippen LogP contribution is 2.28. The largest absolute Gasteiger partial charge is 0.493 e. The van der Waals surface area contributed by atoms with Gasteiger partial charge in [0.05, 0.1) is 14.2 Å². The maximum Gasteiger partial charge on any atom is 0.331 e. The van der Waals surface area contributed by atoms with Crippen LogP contribution >= 0.6 is 11.6 Å². The van der Waals surface area contributed by atoms with Crippen LogP contribution in [0.2, 0.25) is 5.02 Å². The maximum atomic E-state index is 11.9. The lowest BCUT2D eigenvalue weighted by Gasteiger charge is -2.09. The summed E-state index contributed by atoms with van der Waals surface area (Å²) in [4.78, 5) is 23.7. The van der Waals surface area contributed by atoms with Crippen LogP contribution < -0.4 is 14.8 Å². The Kier molecular flexibility index (Phi) is 7.25. The van der Waals surface area contributed by atoms with E-state index in [1.54, 1.807) is 56.5 Å². The van der Waals surface area contributed by atoms with Crippen molar-refractivity contribution in [2.24, 2.45) is 0 Å². The number of hydrogen-bond donors (Lipinski definition) is 1. The standard InChI is InChI=1S/C20H20ClNO5/c1-13-15(21)5-4-6-16(13)22-19(23)12-27-20(24)10-8-14-7-9-17(25-2)18(11-14)26-3/h4-11H,12H2,1-3H3,(H,22,23). The second-order valence-corrected chi connectivity index (χ2v) is 5.92. The minimum atomic E-state index is -0.636. The second kappa shape index (κ2) is 9.64. The lowest BCUT2D eigenvalue weighted by molar-refractivity contribution is -0.142. The van der Waals surface area contributed by atoms with Crippen LogP contribution in [0.25, 0.3) is 6.08 Å². The van der Waals surface area contributed by atoms with Crippen molar-refractivity contribution in [3.05, 3.63) is 58.6 Å². The summed E-state index contributed by atoms with van der Waals surface area (Å²) >= 11 is 6.00. The van der Waals surface area contributed by atoms with Gasteiger partial charge in [0.25, 0.3) is 5.91 Å². The monoisotopic (exact) mass is 389 g/mol. The number of anilines is 1. The summed E-state index contributed by atoms with van der Waals surface area (Å²) in [6, 6.07) is 10.4. The third-order valence-corrected chi connectivity index (χ3v) is 4.12. The molecule has 0 aliphatic heterocycles. The van der Waals surface area contributed by atoms with Crippen LogP contribution in [-0.2, 0) is 14.3 Å². The molecule has 142 valence electrons. The second-order valence-electron chi connectivity index (χ2n) is 5.52. The van der Waals surface area contributed by atoms with E-state index in [9.17, 15) is 9.59 Å². The molecular weight excluding hydrogens is 370 g/mol. The molecule has 1 N–H and O–H groups in total. The minimum absolute atomic E-state index is 0.402. The molecule has 0 saturated heterocycles. The Labute approximate surface area is 162 Å². The van der Waals surface area contributed by atoms with Crippen molar-refractivity contribution in [2.75, 3.05) is 26.1 Å². The van der Waals surface area contributed by atoms with Gasteiger partial charge >= 0.3 is 5.97 Å². The Hall–Kier alpha value is -2.99. The zero-order valence-corrected chi connectivity index (χ0v) is 16.0. The molecule has 0 saturated carbocycles. The first-order valence-electron chi connectivity index (χ1n) is 8.06. The van der Waals surface area contributed by atoms with Gasteiger partial charge in [0.1, 0.15) is 0 Å². The minimum Gasteiger partial charge on any atom is -0.493 e. The Balaban J connectivity index is 1.89. The summed E-state index contributed by atoms with van der Waals surface area (Å²) in [7, 11) is 3.07. The molecule has 2 rings (SSSR count). The first-order valence-corrected chi connectivity index (χ1v) is 8.44. The number of rotatable bonds is 7. The molecule has 0 fully saturated rings. The van der Waals surface area contributed by atoms with E-state index in [-0.39, 0.29) is 0 Å². The molecule has 2 aromatic rings. The molecule has 0 unspecified atom stereocenters. The van der Waals surface area contributed by atoms with Crippen LogP contribution in [0.3, 0.4) is 0 Å². The van der Waals surface area contributed by atoms with Gasteiger partial charge in [-0.05, 0) is 48.4 Å². The predicted octanol–water partition coefficient (Wildman–Crippen LogP) is 3.86. The molecule has 0 aromatic heterocycles. The van der Waals surface area contributed by atoms with Gasteiger partial charge in [0, 0.05) is 16.8 Å². The van der Waals surface area contributed by atoms with Crippen molar-refractivity contribution in [1.29, 1.82) is 0 Å². The molecule has 0 heterocycles. The van der Waals surface area contributed by atoms with Gasteiger partial charge in [0.2, 0.25) is 0 Å². The number of ether oxygens (including phenoxy) is 3. The third kappa shape index (κ3) is 5.76. The van der Waals surface area contributed by atoms with Crippen LogP contribution in [-0.4, -0.2) is 32.7 Å². The number of carbonyl (C=O) groups is 2. The zero-order valence-electron chi connectivity index (χ0n) is 15.2. The van der Waals surface area contributed by atoms with Crippen molar-refractivity contribution in [3.8, 4) is 11.5 Å². The number of esters is 1. The number of carbonyl (C=O) groups excluding carboxylic acids is 2. The van der Waals surface area contributed by atoms with Gasteiger partial charge in [-0.15, -0.1) is 0 Å². The highest BCUT2D eigenvalue weighted by Gasteiger charge is 2.09. The van der Waals surface area contributed by atoms with Crippen molar-refractivity contribution in [2.45, 2.75) is 6.92 Å². The van der Waals surface area contributed by atoms with E-state index in [1.165, 1.54) is 13.2 Å². The molecule has 0 bridgehead atoms. The summed E-state index contributed by atoms with van der Waals surface area (Å²) in [5.74, 6) is 0.0467. The number of benzene rings is 2. The van der Waals surface area contributed by atoms with Crippen molar-refractivity contribution in [1.82, 2.24) is 0 Å². The molecule has 2 aromatic carbocycles. The fraction of sp³-hybridized carbons (Fsp3) is 0.200. The maximum absolute atomic E-state index is 11.9. The first-order chi connectivity index (χ1) is 12.9. The third-order valence-electron chi connectivity index (χ3n) is 3.71. The molecule has 0 aliphatic rings. The molecular formula is C20H20ClNO5. The van der Waals surface area contributed by atoms with Crippen LogP contribution in [0.4, 0.5) is 5.69 Å². The molecule has 0 spiro atoms. The average molecular weight is 390 g/mol. The SMILES string of the molecule is COc1ccc(C=CC(=O)OCC(=O)Nc2cccc(Cl)c2C)cc1OC. The average Bonchev–Trinajstić information content (AvgIpc) is 2.68. The van der Waals surface area contributed by atoms with Crippen LogP contribution in [0.15, 0.2) is 42.5 Å². The summed E-state index contributed by atoms with van der Waals surface area (Å²) < 4.78 is 15.3.